The second kappa shape index (κ2) is 8.99. The fourth-order valence-electron chi connectivity index (χ4n) is 5.39. The summed E-state index contributed by atoms with van der Waals surface area (Å²) in [5, 5.41) is 13.8. The number of fused-ring (bicyclic) bond motifs is 3. The van der Waals surface area contributed by atoms with Crippen LogP contribution in [0.25, 0.3) is 10.9 Å². The Morgan fingerprint density at radius 1 is 1.11 bits per heavy atom. The second-order valence-corrected chi connectivity index (χ2v) is 11.3. The van der Waals surface area contributed by atoms with Crippen LogP contribution in [0.3, 0.4) is 0 Å². The number of sulfonamides is 1. The van der Waals surface area contributed by atoms with Gasteiger partial charge in [-0.05, 0) is 50.8 Å². The highest BCUT2D eigenvalue weighted by Crippen LogP contribution is 2.41. The summed E-state index contributed by atoms with van der Waals surface area (Å²) in [5.74, 6) is -0.418. The summed E-state index contributed by atoms with van der Waals surface area (Å²) in [6.45, 7) is 1.84. The van der Waals surface area contributed by atoms with Crippen molar-refractivity contribution in [3.8, 4) is 0 Å². The van der Waals surface area contributed by atoms with Crippen LogP contribution in [0.2, 0.25) is 0 Å². The molecule has 10 nitrogen and oxygen atoms in total. The van der Waals surface area contributed by atoms with Crippen LogP contribution in [0.15, 0.2) is 47.8 Å². The molecule has 2 aliphatic heterocycles. The summed E-state index contributed by atoms with van der Waals surface area (Å²) in [5.41, 5.74) is 0.975. The molecule has 13 heteroatoms. The average Bonchev–Trinajstić information content (AvgIpc) is 3.42. The minimum absolute atomic E-state index is 0.0122. The quantitative estimate of drug-likeness (QED) is 0.345. The first-order valence-corrected chi connectivity index (χ1v) is 13.4. The van der Waals surface area contributed by atoms with Crippen molar-refractivity contribution in [1.29, 1.82) is 0 Å². The summed E-state index contributed by atoms with van der Waals surface area (Å²) in [4.78, 5) is 12.3. The van der Waals surface area contributed by atoms with Crippen LogP contribution >= 0.6 is 0 Å². The van der Waals surface area contributed by atoms with E-state index in [0.29, 0.717) is 42.7 Å². The normalized spacial score (nSPS) is 21.9. The maximum atomic E-state index is 15.3. The summed E-state index contributed by atoms with van der Waals surface area (Å²) >= 11 is 0. The molecule has 37 heavy (non-hydrogen) atoms. The van der Waals surface area contributed by atoms with Crippen molar-refractivity contribution in [1.82, 2.24) is 29.5 Å². The van der Waals surface area contributed by atoms with E-state index in [1.54, 1.807) is 18.2 Å². The Bertz CT molecular complexity index is 1580. The van der Waals surface area contributed by atoms with Crippen LogP contribution in [0.1, 0.15) is 31.4 Å². The Balaban J connectivity index is 1.28. The number of aromatic nitrogens is 5. The lowest BCUT2D eigenvalue weighted by Crippen LogP contribution is -2.49. The van der Waals surface area contributed by atoms with Gasteiger partial charge >= 0.3 is 0 Å². The number of piperidine rings is 1. The molecule has 0 aromatic carbocycles. The number of aryl methyl sites for hydroxylation is 1. The van der Waals surface area contributed by atoms with E-state index in [0.717, 1.165) is 18.0 Å². The minimum atomic E-state index is -3.89. The molecule has 2 aliphatic rings. The first-order chi connectivity index (χ1) is 17.8. The number of nitrogens with one attached hydrogen (secondary N) is 3. The van der Waals surface area contributed by atoms with Gasteiger partial charge in [0.2, 0.25) is 10.0 Å². The van der Waals surface area contributed by atoms with Crippen molar-refractivity contribution in [2.75, 3.05) is 10.6 Å². The highest BCUT2D eigenvalue weighted by Gasteiger charge is 2.47. The molecule has 0 saturated carbocycles. The van der Waals surface area contributed by atoms with Gasteiger partial charge in [-0.15, -0.1) is 0 Å². The molecule has 6 heterocycles. The predicted molar refractivity (Wildman–Crippen MR) is 133 cm³/mol. The van der Waals surface area contributed by atoms with E-state index in [1.165, 1.54) is 16.7 Å². The smallest absolute Gasteiger partial charge is 0.245 e. The summed E-state index contributed by atoms with van der Waals surface area (Å²) in [7, 11) is -3.89. The molecule has 4 aromatic rings. The zero-order valence-electron chi connectivity index (χ0n) is 19.8. The fourth-order valence-corrected chi connectivity index (χ4v) is 7.26. The van der Waals surface area contributed by atoms with Crippen molar-refractivity contribution in [3.63, 3.8) is 0 Å². The van der Waals surface area contributed by atoms with Crippen molar-refractivity contribution in [3.05, 3.63) is 60.2 Å². The van der Waals surface area contributed by atoms with Crippen LogP contribution in [0.4, 0.5) is 26.2 Å². The van der Waals surface area contributed by atoms with Gasteiger partial charge in [-0.3, -0.25) is 15.1 Å². The third-order valence-corrected chi connectivity index (χ3v) is 8.89. The van der Waals surface area contributed by atoms with Crippen LogP contribution in [0, 0.1) is 18.6 Å². The number of pyridine rings is 3. The van der Waals surface area contributed by atoms with Gasteiger partial charge < -0.3 is 10.6 Å². The van der Waals surface area contributed by atoms with Gasteiger partial charge in [0, 0.05) is 47.7 Å². The van der Waals surface area contributed by atoms with Gasteiger partial charge in [-0.2, -0.15) is 9.40 Å². The highest BCUT2D eigenvalue weighted by atomic mass is 32.2. The molecule has 2 saturated heterocycles. The van der Waals surface area contributed by atoms with E-state index in [4.69, 9.17) is 0 Å². The molecule has 2 fully saturated rings. The fraction of sp³-hybridized carbons (Fsp3) is 0.333. The zero-order chi connectivity index (χ0) is 25.7. The molecule has 0 spiro atoms. The van der Waals surface area contributed by atoms with E-state index in [-0.39, 0.29) is 34.4 Å². The van der Waals surface area contributed by atoms with E-state index in [2.05, 4.69) is 35.8 Å². The number of hydrogen-bond acceptors (Lipinski definition) is 8. The number of aromatic amines is 1. The van der Waals surface area contributed by atoms with Gasteiger partial charge in [-0.25, -0.2) is 22.2 Å². The number of nitrogens with zero attached hydrogens (tertiary/aromatic N) is 5. The van der Waals surface area contributed by atoms with Crippen molar-refractivity contribution in [2.24, 2.45) is 0 Å². The van der Waals surface area contributed by atoms with Crippen LogP contribution in [-0.4, -0.2) is 56.0 Å². The first-order valence-electron chi connectivity index (χ1n) is 11.9. The van der Waals surface area contributed by atoms with Crippen LogP contribution in [0.5, 0.6) is 0 Å². The third-order valence-electron chi connectivity index (χ3n) is 6.92. The number of halogens is 2. The van der Waals surface area contributed by atoms with Crippen LogP contribution < -0.4 is 10.6 Å². The average molecular weight is 527 g/mol. The van der Waals surface area contributed by atoms with Gasteiger partial charge in [0.15, 0.2) is 17.5 Å². The van der Waals surface area contributed by atoms with Gasteiger partial charge in [0.1, 0.15) is 22.0 Å². The van der Waals surface area contributed by atoms with E-state index >= 15 is 4.39 Å². The summed E-state index contributed by atoms with van der Waals surface area (Å²) in [6, 6.07) is 5.59. The molecule has 3 atom stereocenters. The summed E-state index contributed by atoms with van der Waals surface area (Å²) < 4.78 is 57.1. The molecule has 4 aromatic heterocycles. The highest BCUT2D eigenvalue weighted by molar-refractivity contribution is 7.89. The second-order valence-electron chi connectivity index (χ2n) is 9.46. The Morgan fingerprint density at radius 3 is 2.59 bits per heavy atom. The predicted octanol–water partition coefficient (Wildman–Crippen LogP) is 3.87. The van der Waals surface area contributed by atoms with E-state index in [9.17, 15) is 12.8 Å². The third kappa shape index (κ3) is 4.27. The molecule has 3 N–H and O–H groups in total. The molecule has 0 radical (unpaired) electrons. The molecule has 2 bridgehead atoms. The molecule has 1 unspecified atom stereocenters. The van der Waals surface area contributed by atoms with Crippen molar-refractivity contribution < 1.29 is 17.2 Å². The standard InChI is InChI=1S/C24H24F2N8O2S/c1-13-7-20(33-32-13)30-24-21(26)22-19(3-2-6-28-22)23(31-24)29-15-9-16-4-5-17(10-15)34(16)37(35,36)18-8-14(25)11-27-12-18/h2-3,6-8,11-12,15-17H,4-5,9-10H2,1H3,(H3,29,30,31,32,33)/t15?,16-,17+. The molecule has 192 valence electrons. The Hall–Kier alpha value is -3.71. The molecule has 0 aliphatic carbocycles. The Morgan fingerprint density at radius 2 is 1.89 bits per heavy atom. The SMILES string of the molecule is Cc1cc(Nc2nc(NC3C[C@H]4CC[C@@H](C3)N4S(=O)(=O)c3cncc(F)c3)c3cccnc3c2F)n[nH]1. The van der Waals surface area contributed by atoms with E-state index in [1.807, 2.05) is 6.92 Å². The maximum Gasteiger partial charge on any atom is 0.245 e. The topological polar surface area (TPSA) is 129 Å². The largest absolute Gasteiger partial charge is 0.367 e. The van der Waals surface area contributed by atoms with Gasteiger partial charge in [-0.1, -0.05) is 0 Å². The molecule has 0 amide bonds. The van der Waals surface area contributed by atoms with E-state index < -0.39 is 21.7 Å². The number of H-pyrrole nitrogens is 1. The Labute approximate surface area is 211 Å². The van der Waals surface area contributed by atoms with Gasteiger partial charge in [0.25, 0.3) is 0 Å². The molecular formula is C24H24F2N8O2S. The Kier molecular flexibility index (Phi) is 5.75. The lowest BCUT2D eigenvalue weighted by molar-refractivity contribution is 0.234. The number of anilines is 3. The monoisotopic (exact) mass is 526 g/mol. The maximum absolute atomic E-state index is 15.3. The zero-order valence-corrected chi connectivity index (χ0v) is 20.6. The van der Waals surface area contributed by atoms with Gasteiger partial charge in [0.05, 0.1) is 6.20 Å². The first kappa shape index (κ1) is 23.7. The lowest BCUT2D eigenvalue weighted by atomic mass is 9.99. The molecular weight excluding hydrogens is 502 g/mol. The number of rotatable bonds is 6. The van der Waals surface area contributed by atoms with Crippen molar-refractivity contribution >= 4 is 38.4 Å². The number of hydrogen-bond donors (Lipinski definition) is 3. The lowest BCUT2D eigenvalue weighted by Gasteiger charge is -2.38. The molecule has 6 rings (SSSR count). The van der Waals surface area contributed by atoms with Crippen LogP contribution in [-0.2, 0) is 10.0 Å². The summed E-state index contributed by atoms with van der Waals surface area (Å²) in [6.07, 6.45) is 6.14. The minimum Gasteiger partial charge on any atom is -0.367 e. The van der Waals surface area contributed by atoms with Crippen molar-refractivity contribution in [2.45, 2.75) is 55.6 Å².